The van der Waals surface area contributed by atoms with Crippen LogP contribution >= 0.6 is 11.3 Å². The third-order valence-electron chi connectivity index (χ3n) is 2.62. The summed E-state index contributed by atoms with van der Waals surface area (Å²) in [4.78, 5) is 12.9. The lowest BCUT2D eigenvalue weighted by Gasteiger charge is -2.05. The van der Waals surface area contributed by atoms with Crippen LogP contribution < -0.4 is 5.32 Å². The van der Waals surface area contributed by atoms with Crippen molar-refractivity contribution in [2.75, 3.05) is 5.32 Å². The molecule has 0 aliphatic heterocycles. The number of aryl methyl sites for hydroxylation is 1. The summed E-state index contributed by atoms with van der Waals surface area (Å²) in [5.41, 5.74) is 2.56. The first kappa shape index (κ1) is 12.4. The van der Waals surface area contributed by atoms with E-state index < -0.39 is 0 Å². The molecular formula is C15H13NOS. The summed E-state index contributed by atoms with van der Waals surface area (Å²) >= 11 is 1.46. The van der Waals surface area contributed by atoms with Gasteiger partial charge in [0, 0.05) is 11.3 Å². The Morgan fingerprint density at radius 1 is 1.44 bits per heavy atom. The first-order valence-electron chi connectivity index (χ1n) is 5.69. The summed E-state index contributed by atoms with van der Waals surface area (Å²) in [7, 11) is 0. The molecule has 0 aliphatic rings. The van der Waals surface area contributed by atoms with Crippen molar-refractivity contribution in [1.82, 2.24) is 0 Å². The molecule has 0 saturated carbocycles. The molecule has 0 bridgehead atoms. The maximum atomic E-state index is 12.1. The van der Waals surface area contributed by atoms with Gasteiger partial charge < -0.3 is 5.32 Å². The van der Waals surface area contributed by atoms with Gasteiger partial charge in [0.05, 0.1) is 4.88 Å². The number of carbonyl (C=O) groups excluding carboxylic acids is 1. The van der Waals surface area contributed by atoms with E-state index in [1.165, 1.54) is 11.3 Å². The van der Waals surface area contributed by atoms with Gasteiger partial charge in [0.25, 0.3) is 5.91 Å². The van der Waals surface area contributed by atoms with Crippen LogP contribution in [-0.2, 0) is 6.42 Å². The minimum Gasteiger partial charge on any atom is -0.321 e. The lowest BCUT2D eigenvalue weighted by Crippen LogP contribution is -2.11. The van der Waals surface area contributed by atoms with E-state index in [1.807, 2.05) is 36.6 Å². The number of benzene rings is 1. The highest BCUT2D eigenvalue weighted by Crippen LogP contribution is 2.19. The smallest absolute Gasteiger partial charge is 0.266 e. The fraction of sp³-hybridized carbons (Fsp3) is 0.133. The van der Waals surface area contributed by atoms with Crippen LogP contribution in [0.5, 0.6) is 0 Å². The normalized spacial score (nSPS) is 9.78. The molecule has 1 aromatic heterocycles. The molecule has 0 saturated heterocycles. The predicted octanol–water partition coefficient (Wildman–Crippen LogP) is 3.54. The molecule has 18 heavy (non-hydrogen) atoms. The van der Waals surface area contributed by atoms with Gasteiger partial charge in [-0.25, -0.2) is 0 Å². The number of carbonyl (C=O) groups is 1. The molecular weight excluding hydrogens is 242 g/mol. The van der Waals surface area contributed by atoms with E-state index in [0.717, 1.165) is 28.1 Å². The van der Waals surface area contributed by atoms with Crippen LogP contribution in [-0.4, -0.2) is 5.91 Å². The number of rotatable bonds is 3. The maximum Gasteiger partial charge on any atom is 0.266 e. The molecule has 0 atom stereocenters. The van der Waals surface area contributed by atoms with Crippen LogP contribution in [0, 0.1) is 12.3 Å². The van der Waals surface area contributed by atoms with Gasteiger partial charge in [0.2, 0.25) is 0 Å². The van der Waals surface area contributed by atoms with Gasteiger partial charge in [-0.15, -0.1) is 17.8 Å². The van der Waals surface area contributed by atoms with Crippen molar-refractivity contribution in [2.45, 2.75) is 13.3 Å². The summed E-state index contributed by atoms with van der Waals surface area (Å²) in [5.74, 6) is 2.48. The van der Waals surface area contributed by atoms with E-state index in [2.05, 4.69) is 11.2 Å². The molecule has 0 unspecified atom stereocenters. The second-order valence-corrected chi connectivity index (χ2v) is 4.72. The molecule has 3 heteroatoms. The summed E-state index contributed by atoms with van der Waals surface area (Å²) in [6, 6.07) is 9.27. The van der Waals surface area contributed by atoms with Crippen LogP contribution in [0.25, 0.3) is 0 Å². The fourth-order valence-corrected chi connectivity index (χ4v) is 2.58. The van der Waals surface area contributed by atoms with E-state index in [9.17, 15) is 4.79 Å². The minimum atomic E-state index is -0.0731. The third-order valence-corrected chi connectivity index (χ3v) is 3.58. The van der Waals surface area contributed by atoms with Gasteiger partial charge >= 0.3 is 0 Å². The number of hydrogen-bond donors (Lipinski definition) is 1. The second-order valence-electron chi connectivity index (χ2n) is 3.81. The van der Waals surface area contributed by atoms with Crippen LogP contribution in [0.15, 0.2) is 35.7 Å². The summed E-state index contributed by atoms with van der Waals surface area (Å²) in [6.45, 7) is 2.04. The third kappa shape index (κ3) is 2.61. The van der Waals surface area contributed by atoms with Crippen LogP contribution in [0.1, 0.15) is 27.7 Å². The predicted molar refractivity (Wildman–Crippen MR) is 76.0 cm³/mol. The number of thiophene rings is 1. The average molecular weight is 255 g/mol. The van der Waals surface area contributed by atoms with E-state index in [4.69, 9.17) is 6.42 Å². The standard InChI is InChI=1S/C15H13NOS/c1-3-11-6-5-7-13(10-11)16-15(17)14-12(4-2)8-9-18-14/h1,5-10H,4H2,2H3,(H,16,17). The van der Waals surface area contributed by atoms with Crippen molar-refractivity contribution in [3.63, 3.8) is 0 Å². The highest BCUT2D eigenvalue weighted by Gasteiger charge is 2.12. The zero-order valence-electron chi connectivity index (χ0n) is 10.1. The Kier molecular flexibility index (Phi) is 3.81. The van der Waals surface area contributed by atoms with Crippen molar-refractivity contribution in [2.24, 2.45) is 0 Å². The number of nitrogens with one attached hydrogen (secondary N) is 1. The monoisotopic (exact) mass is 255 g/mol. The summed E-state index contributed by atoms with van der Waals surface area (Å²) < 4.78 is 0. The van der Waals surface area contributed by atoms with Gasteiger partial charge in [-0.2, -0.15) is 0 Å². The lowest BCUT2D eigenvalue weighted by molar-refractivity contribution is 0.103. The lowest BCUT2D eigenvalue weighted by atomic mass is 10.2. The minimum absolute atomic E-state index is 0.0731. The van der Waals surface area contributed by atoms with Crippen molar-refractivity contribution >= 4 is 22.9 Å². The molecule has 0 spiro atoms. The number of amides is 1. The zero-order chi connectivity index (χ0) is 13.0. The fourth-order valence-electron chi connectivity index (χ4n) is 1.69. The van der Waals surface area contributed by atoms with Gasteiger partial charge in [0.1, 0.15) is 0 Å². The summed E-state index contributed by atoms with van der Waals surface area (Å²) in [5, 5.41) is 4.81. The second kappa shape index (κ2) is 5.52. The average Bonchev–Trinajstić information content (AvgIpc) is 2.87. The van der Waals surface area contributed by atoms with Crippen molar-refractivity contribution in [3.8, 4) is 12.3 Å². The van der Waals surface area contributed by atoms with Gasteiger partial charge in [0.15, 0.2) is 0 Å². The molecule has 0 fully saturated rings. The van der Waals surface area contributed by atoms with E-state index in [0.29, 0.717) is 0 Å². The van der Waals surface area contributed by atoms with Gasteiger partial charge in [-0.1, -0.05) is 18.9 Å². The van der Waals surface area contributed by atoms with Gasteiger partial charge in [-0.05, 0) is 41.6 Å². The van der Waals surface area contributed by atoms with Crippen LogP contribution in [0.4, 0.5) is 5.69 Å². The molecule has 2 aromatic rings. The molecule has 0 radical (unpaired) electrons. The summed E-state index contributed by atoms with van der Waals surface area (Å²) in [6.07, 6.45) is 6.19. The van der Waals surface area contributed by atoms with Gasteiger partial charge in [-0.3, -0.25) is 4.79 Å². The van der Waals surface area contributed by atoms with Crippen LogP contribution in [0.2, 0.25) is 0 Å². The SMILES string of the molecule is C#Cc1cccc(NC(=O)c2sccc2CC)c1. The number of terminal acetylenes is 1. The molecule has 0 aliphatic carbocycles. The zero-order valence-corrected chi connectivity index (χ0v) is 10.9. The van der Waals surface area contributed by atoms with E-state index >= 15 is 0 Å². The van der Waals surface area contributed by atoms with Crippen molar-refractivity contribution in [3.05, 3.63) is 51.7 Å². The highest BCUT2D eigenvalue weighted by atomic mass is 32.1. The van der Waals surface area contributed by atoms with Crippen LogP contribution in [0.3, 0.4) is 0 Å². The molecule has 2 rings (SSSR count). The first-order valence-corrected chi connectivity index (χ1v) is 6.57. The highest BCUT2D eigenvalue weighted by molar-refractivity contribution is 7.12. The first-order chi connectivity index (χ1) is 8.74. The Morgan fingerprint density at radius 3 is 3.00 bits per heavy atom. The van der Waals surface area contributed by atoms with Crippen molar-refractivity contribution < 1.29 is 4.79 Å². The molecule has 1 N–H and O–H groups in total. The maximum absolute atomic E-state index is 12.1. The van der Waals surface area contributed by atoms with Crippen molar-refractivity contribution in [1.29, 1.82) is 0 Å². The number of anilines is 1. The Labute approximate surface area is 111 Å². The molecule has 1 amide bonds. The Bertz CT molecular complexity index is 607. The topological polar surface area (TPSA) is 29.1 Å². The Morgan fingerprint density at radius 2 is 2.28 bits per heavy atom. The molecule has 90 valence electrons. The number of hydrogen-bond acceptors (Lipinski definition) is 2. The Balaban J connectivity index is 2.19. The molecule has 1 heterocycles. The van der Waals surface area contributed by atoms with E-state index in [-0.39, 0.29) is 5.91 Å². The molecule has 2 nitrogen and oxygen atoms in total. The molecule has 1 aromatic carbocycles. The Hall–Kier alpha value is -2.05. The quantitative estimate of drug-likeness (QED) is 0.835. The largest absolute Gasteiger partial charge is 0.321 e. The van der Waals surface area contributed by atoms with E-state index in [1.54, 1.807) is 6.07 Å².